The molecule has 0 aromatic rings. The van der Waals surface area contributed by atoms with E-state index in [2.05, 4.69) is 5.32 Å². The Morgan fingerprint density at radius 2 is 1.86 bits per heavy atom. The summed E-state index contributed by atoms with van der Waals surface area (Å²) < 4.78 is 24.9. The van der Waals surface area contributed by atoms with Gasteiger partial charge in [-0.3, -0.25) is 0 Å². The molecule has 1 saturated heterocycles. The summed E-state index contributed by atoms with van der Waals surface area (Å²) in [7, 11) is -3.07. The lowest BCUT2D eigenvalue weighted by Gasteiger charge is -2.26. The summed E-state index contributed by atoms with van der Waals surface area (Å²) >= 11 is 0. The summed E-state index contributed by atoms with van der Waals surface area (Å²) in [6, 6.07) is 0. The minimum atomic E-state index is -3.07. The average molecular weight is 222 g/mol. The third-order valence-corrected chi connectivity index (χ3v) is 4.24. The van der Waals surface area contributed by atoms with E-state index < -0.39 is 10.0 Å². The van der Waals surface area contributed by atoms with E-state index in [0.717, 1.165) is 13.1 Å². The highest BCUT2D eigenvalue weighted by Crippen LogP contribution is 2.05. The molecule has 0 saturated carbocycles. The first-order valence-electron chi connectivity index (χ1n) is 4.96. The second-order valence-corrected chi connectivity index (χ2v) is 5.48. The zero-order valence-electron chi connectivity index (χ0n) is 8.28. The van der Waals surface area contributed by atoms with Crippen LogP contribution in [-0.2, 0) is 10.0 Å². The van der Waals surface area contributed by atoms with Crippen molar-refractivity contribution < 1.29 is 13.5 Å². The smallest absolute Gasteiger partial charge is 0.214 e. The Balaban J connectivity index is 2.38. The zero-order valence-corrected chi connectivity index (χ0v) is 9.09. The first-order chi connectivity index (χ1) is 6.67. The molecule has 0 unspecified atom stereocenters. The van der Waals surface area contributed by atoms with Crippen LogP contribution in [0.4, 0.5) is 0 Å². The number of unbranched alkanes of at least 4 members (excludes halogenated alkanes) is 1. The SMILES string of the molecule is O=S(=O)(CCCCO)N1CCNCC1. The number of sulfonamides is 1. The molecule has 1 aliphatic heterocycles. The van der Waals surface area contributed by atoms with Crippen LogP contribution in [0.15, 0.2) is 0 Å². The van der Waals surface area contributed by atoms with Crippen molar-refractivity contribution >= 4 is 10.0 Å². The van der Waals surface area contributed by atoms with Gasteiger partial charge in [-0.05, 0) is 12.8 Å². The van der Waals surface area contributed by atoms with Crippen LogP contribution in [0.25, 0.3) is 0 Å². The van der Waals surface area contributed by atoms with Gasteiger partial charge in [-0.2, -0.15) is 4.31 Å². The van der Waals surface area contributed by atoms with Gasteiger partial charge >= 0.3 is 0 Å². The van der Waals surface area contributed by atoms with Gasteiger partial charge in [-0.25, -0.2) is 8.42 Å². The summed E-state index contributed by atoms with van der Waals surface area (Å²) in [6.07, 6.45) is 1.11. The van der Waals surface area contributed by atoms with Crippen LogP contribution in [-0.4, -0.2) is 56.4 Å². The number of aliphatic hydroxyl groups excluding tert-OH is 1. The van der Waals surface area contributed by atoms with Gasteiger partial charge in [0.2, 0.25) is 10.0 Å². The summed E-state index contributed by atoms with van der Waals surface area (Å²) in [5.74, 6) is 0.160. The maximum absolute atomic E-state index is 11.7. The molecule has 84 valence electrons. The topological polar surface area (TPSA) is 69.6 Å². The Labute approximate surface area is 85.2 Å². The minimum Gasteiger partial charge on any atom is -0.396 e. The highest BCUT2D eigenvalue weighted by Gasteiger charge is 2.22. The van der Waals surface area contributed by atoms with E-state index in [4.69, 9.17) is 5.11 Å². The Kier molecular flexibility index (Phi) is 4.80. The molecular formula is C8H18N2O3S. The third kappa shape index (κ3) is 3.53. The van der Waals surface area contributed by atoms with Crippen molar-refractivity contribution in [3.05, 3.63) is 0 Å². The van der Waals surface area contributed by atoms with Crippen molar-refractivity contribution in [2.45, 2.75) is 12.8 Å². The Hall–Kier alpha value is -0.170. The molecule has 2 N–H and O–H groups in total. The molecule has 0 amide bonds. The average Bonchev–Trinajstić information content (AvgIpc) is 2.19. The van der Waals surface area contributed by atoms with Gasteiger partial charge in [0.1, 0.15) is 0 Å². The van der Waals surface area contributed by atoms with E-state index in [-0.39, 0.29) is 12.4 Å². The van der Waals surface area contributed by atoms with Gasteiger partial charge in [0.25, 0.3) is 0 Å². The minimum absolute atomic E-state index is 0.0665. The normalized spacial score (nSPS) is 19.8. The summed E-state index contributed by atoms with van der Waals surface area (Å²) in [5.41, 5.74) is 0. The molecule has 0 bridgehead atoms. The van der Waals surface area contributed by atoms with Gasteiger partial charge in [0.15, 0.2) is 0 Å². The first kappa shape index (κ1) is 11.9. The molecule has 1 heterocycles. The molecule has 6 heteroatoms. The van der Waals surface area contributed by atoms with E-state index in [1.807, 2.05) is 0 Å². The van der Waals surface area contributed by atoms with Crippen LogP contribution in [0.1, 0.15) is 12.8 Å². The van der Waals surface area contributed by atoms with Gasteiger partial charge in [-0.1, -0.05) is 0 Å². The van der Waals surface area contributed by atoms with Crippen LogP contribution < -0.4 is 5.32 Å². The second-order valence-electron chi connectivity index (χ2n) is 3.40. The van der Waals surface area contributed by atoms with Crippen LogP contribution in [0, 0.1) is 0 Å². The first-order valence-corrected chi connectivity index (χ1v) is 6.57. The maximum Gasteiger partial charge on any atom is 0.214 e. The fraction of sp³-hybridized carbons (Fsp3) is 1.00. The molecule has 0 aromatic carbocycles. The molecule has 1 rings (SSSR count). The third-order valence-electron chi connectivity index (χ3n) is 2.28. The lowest BCUT2D eigenvalue weighted by Crippen LogP contribution is -2.47. The molecule has 1 fully saturated rings. The van der Waals surface area contributed by atoms with E-state index in [1.165, 1.54) is 4.31 Å². The number of piperazine rings is 1. The molecule has 5 nitrogen and oxygen atoms in total. The molecule has 0 atom stereocenters. The number of rotatable bonds is 5. The number of aliphatic hydroxyl groups is 1. The maximum atomic E-state index is 11.7. The molecule has 0 aliphatic carbocycles. The van der Waals surface area contributed by atoms with Gasteiger partial charge < -0.3 is 10.4 Å². The number of nitrogens with one attached hydrogen (secondary N) is 1. The van der Waals surface area contributed by atoms with Gasteiger partial charge in [0, 0.05) is 32.8 Å². The van der Waals surface area contributed by atoms with E-state index in [1.54, 1.807) is 0 Å². The van der Waals surface area contributed by atoms with Crippen LogP contribution in [0.5, 0.6) is 0 Å². The van der Waals surface area contributed by atoms with Crippen molar-refractivity contribution in [3.8, 4) is 0 Å². The fourth-order valence-corrected chi connectivity index (χ4v) is 3.01. The lowest BCUT2D eigenvalue weighted by molar-refractivity contribution is 0.286. The summed E-state index contributed by atoms with van der Waals surface area (Å²) in [6.45, 7) is 2.68. The predicted molar refractivity (Wildman–Crippen MR) is 54.5 cm³/mol. The van der Waals surface area contributed by atoms with Gasteiger partial charge in [0.05, 0.1) is 5.75 Å². The van der Waals surface area contributed by atoms with E-state index >= 15 is 0 Å². The highest BCUT2D eigenvalue weighted by molar-refractivity contribution is 7.89. The largest absolute Gasteiger partial charge is 0.396 e. The standard InChI is InChI=1S/C8H18N2O3S/c11-7-1-2-8-14(12,13)10-5-3-9-4-6-10/h9,11H,1-8H2. The molecule has 0 radical (unpaired) electrons. The summed E-state index contributed by atoms with van der Waals surface area (Å²) in [5, 5.41) is 11.7. The predicted octanol–water partition coefficient (Wildman–Crippen LogP) is -1.01. The summed E-state index contributed by atoms with van der Waals surface area (Å²) in [4.78, 5) is 0. The van der Waals surface area contributed by atoms with Crippen LogP contribution in [0.3, 0.4) is 0 Å². The highest BCUT2D eigenvalue weighted by atomic mass is 32.2. The van der Waals surface area contributed by atoms with Crippen molar-refractivity contribution in [1.82, 2.24) is 9.62 Å². The zero-order chi connectivity index (χ0) is 10.4. The van der Waals surface area contributed by atoms with Crippen molar-refractivity contribution in [2.75, 3.05) is 38.5 Å². The van der Waals surface area contributed by atoms with Crippen LogP contribution >= 0.6 is 0 Å². The Bertz CT molecular complexity index is 247. The quantitative estimate of drug-likeness (QED) is 0.585. The Morgan fingerprint density at radius 3 is 2.43 bits per heavy atom. The van der Waals surface area contributed by atoms with Crippen molar-refractivity contribution in [3.63, 3.8) is 0 Å². The van der Waals surface area contributed by atoms with E-state index in [0.29, 0.717) is 25.9 Å². The fourth-order valence-electron chi connectivity index (χ4n) is 1.45. The monoisotopic (exact) mass is 222 g/mol. The lowest BCUT2D eigenvalue weighted by atomic mass is 10.4. The molecule has 0 aromatic heterocycles. The van der Waals surface area contributed by atoms with Gasteiger partial charge in [-0.15, -0.1) is 0 Å². The van der Waals surface area contributed by atoms with E-state index in [9.17, 15) is 8.42 Å². The number of hydrogen-bond donors (Lipinski definition) is 2. The second kappa shape index (κ2) is 5.65. The van der Waals surface area contributed by atoms with Crippen molar-refractivity contribution in [1.29, 1.82) is 0 Å². The number of hydrogen-bond acceptors (Lipinski definition) is 4. The molecule has 1 aliphatic rings. The molecule has 0 spiro atoms. The van der Waals surface area contributed by atoms with Crippen molar-refractivity contribution in [2.24, 2.45) is 0 Å². The molecular weight excluding hydrogens is 204 g/mol. The molecule has 14 heavy (non-hydrogen) atoms. The van der Waals surface area contributed by atoms with Crippen LogP contribution in [0.2, 0.25) is 0 Å². The Morgan fingerprint density at radius 1 is 1.21 bits per heavy atom. The number of nitrogens with zero attached hydrogens (tertiary/aromatic N) is 1.